The summed E-state index contributed by atoms with van der Waals surface area (Å²) in [5, 5.41) is 0. The molecule has 1 aliphatic rings. The van der Waals surface area contributed by atoms with Gasteiger partial charge in [0.1, 0.15) is 11.6 Å². The van der Waals surface area contributed by atoms with Crippen molar-refractivity contribution in [2.75, 3.05) is 33.3 Å². The molecule has 1 fully saturated rings. The molecule has 1 rings (SSSR count). The second-order valence-electron chi connectivity index (χ2n) is 4.05. The molecule has 0 atom stereocenters. The molecule has 0 aromatic heterocycles. The molecule has 18 heavy (non-hydrogen) atoms. The summed E-state index contributed by atoms with van der Waals surface area (Å²) in [6, 6.07) is 0. The highest BCUT2D eigenvalue weighted by Crippen LogP contribution is 2.13. The van der Waals surface area contributed by atoms with Crippen LogP contribution in [0.25, 0.3) is 0 Å². The third-order valence-electron chi connectivity index (χ3n) is 2.97. The van der Waals surface area contributed by atoms with E-state index in [1.54, 1.807) is 13.2 Å². The standard InChI is InChI=1S/C13H21N3O2/c1-5-13(17)16-8-6-15(7-9-16)12(14-3)10-11(2)18-4/h10H,2-3,5-9H2,1,4H3/b12-10+. The zero-order valence-electron chi connectivity index (χ0n) is 11.2. The Balaban J connectivity index is 2.60. The van der Waals surface area contributed by atoms with E-state index in [2.05, 4.69) is 23.2 Å². The number of methoxy groups -OCH3 is 1. The van der Waals surface area contributed by atoms with E-state index in [1.165, 1.54) is 0 Å². The average molecular weight is 251 g/mol. The highest BCUT2D eigenvalue weighted by Gasteiger charge is 2.20. The molecule has 5 heteroatoms. The molecular formula is C13H21N3O2. The number of hydrogen-bond acceptors (Lipinski definition) is 4. The predicted molar refractivity (Wildman–Crippen MR) is 72.2 cm³/mol. The molecule has 0 N–H and O–H groups in total. The Morgan fingerprint density at radius 1 is 1.33 bits per heavy atom. The molecule has 1 heterocycles. The van der Waals surface area contributed by atoms with Crippen LogP contribution in [0.15, 0.2) is 29.2 Å². The van der Waals surface area contributed by atoms with Gasteiger partial charge in [0.15, 0.2) is 0 Å². The van der Waals surface area contributed by atoms with Crippen LogP contribution in [-0.4, -0.2) is 55.7 Å². The lowest BCUT2D eigenvalue weighted by molar-refractivity contribution is -0.132. The molecule has 0 aromatic rings. The van der Waals surface area contributed by atoms with Crippen LogP contribution in [0.1, 0.15) is 13.3 Å². The monoisotopic (exact) mass is 251 g/mol. The number of nitrogens with zero attached hydrogens (tertiary/aromatic N) is 3. The summed E-state index contributed by atoms with van der Waals surface area (Å²) in [6.45, 7) is 12.1. The van der Waals surface area contributed by atoms with Crippen molar-refractivity contribution >= 4 is 12.6 Å². The van der Waals surface area contributed by atoms with Gasteiger partial charge in [0, 0.05) is 38.7 Å². The molecule has 0 radical (unpaired) electrons. The maximum atomic E-state index is 11.6. The van der Waals surface area contributed by atoms with E-state index in [0.717, 1.165) is 32.0 Å². The number of rotatable bonds is 5. The molecule has 1 saturated heterocycles. The molecule has 100 valence electrons. The minimum absolute atomic E-state index is 0.202. The van der Waals surface area contributed by atoms with E-state index >= 15 is 0 Å². The van der Waals surface area contributed by atoms with Gasteiger partial charge >= 0.3 is 0 Å². The Bertz CT molecular complexity index is 355. The summed E-state index contributed by atoms with van der Waals surface area (Å²) in [5.41, 5.74) is 0. The van der Waals surface area contributed by atoms with Crippen LogP contribution in [0.5, 0.6) is 0 Å². The number of allylic oxidation sites excluding steroid dienone is 1. The van der Waals surface area contributed by atoms with Gasteiger partial charge in [-0.25, -0.2) is 4.99 Å². The van der Waals surface area contributed by atoms with E-state index in [-0.39, 0.29) is 5.91 Å². The first-order valence-electron chi connectivity index (χ1n) is 6.06. The van der Waals surface area contributed by atoms with Gasteiger partial charge in [-0.05, 0) is 6.72 Å². The van der Waals surface area contributed by atoms with Crippen LogP contribution in [0.4, 0.5) is 0 Å². The van der Waals surface area contributed by atoms with Crippen molar-refractivity contribution in [1.29, 1.82) is 0 Å². The molecule has 0 unspecified atom stereocenters. The lowest BCUT2D eigenvalue weighted by Crippen LogP contribution is -2.47. The summed E-state index contributed by atoms with van der Waals surface area (Å²) in [6.07, 6.45) is 2.31. The van der Waals surface area contributed by atoms with Gasteiger partial charge in [-0.1, -0.05) is 13.5 Å². The highest BCUT2D eigenvalue weighted by molar-refractivity contribution is 5.75. The fourth-order valence-electron chi connectivity index (χ4n) is 1.85. The fraction of sp³-hybridized carbons (Fsp3) is 0.538. The summed E-state index contributed by atoms with van der Waals surface area (Å²) in [5.74, 6) is 1.49. The van der Waals surface area contributed by atoms with Gasteiger partial charge < -0.3 is 14.5 Å². The van der Waals surface area contributed by atoms with Crippen LogP contribution in [0.3, 0.4) is 0 Å². The molecule has 5 nitrogen and oxygen atoms in total. The molecule has 1 aliphatic heterocycles. The van der Waals surface area contributed by atoms with Gasteiger partial charge in [-0.3, -0.25) is 4.79 Å². The average Bonchev–Trinajstić information content (AvgIpc) is 2.43. The summed E-state index contributed by atoms with van der Waals surface area (Å²) < 4.78 is 5.00. The van der Waals surface area contributed by atoms with E-state index in [1.807, 2.05) is 11.8 Å². The second-order valence-corrected chi connectivity index (χ2v) is 4.05. The van der Waals surface area contributed by atoms with Crippen molar-refractivity contribution in [2.24, 2.45) is 4.99 Å². The van der Waals surface area contributed by atoms with Gasteiger partial charge in [0.25, 0.3) is 0 Å². The predicted octanol–water partition coefficient (Wildman–Crippen LogP) is 1.24. The topological polar surface area (TPSA) is 45.1 Å². The smallest absolute Gasteiger partial charge is 0.222 e. The lowest BCUT2D eigenvalue weighted by atomic mass is 10.3. The van der Waals surface area contributed by atoms with Crippen molar-refractivity contribution in [3.8, 4) is 0 Å². The molecular weight excluding hydrogens is 230 g/mol. The van der Waals surface area contributed by atoms with Gasteiger partial charge in [0.2, 0.25) is 5.91 Å². The number of amides is 1. The Labute approximate surface area is 108 Å². The van der Waals surface area contributed by atoms with Crippen LogP contribution < -0.4 is 0 Å². The number of aliphatic imine (C=N–C) groups is 1. The zero-order chi connectivity index (χ0) is 13.5. The Morgan fingerprint density at radius 3 is 2.33 bits per heavy atom. The Hall–Kier alpha value is -1.78. The van der Waals surface area contributed by atoms with Gasteiger partial charge in [0.05, 0.1) is 7.11 Å². The summed E-state index contributed by atoms with van der Waals surface area (Å²) >= 11 is 0. The van der Waals surface area contributed by atoms with E-state index in [0.29, 0.717) is 12.2 Å². The maximum absolute atomic E-state index is 11.6. The molecule has 0 aliphatic carbocycles. The van der Waals surface area contributed by atoms with Gasteiger partial charge in [-0.15, -0.1) is 0 Å². The third-order valence-corrected chi connectivity index (χ3v) is 2.97. The van der Waals surface area contributed by atoms with Crippen molar-refractivity contribution in [3.63, 3.8) is 0 Å². The number of ether oxygens (including phenoxy) is 1. The van der Waals surface area contributed by atoms with E-state index in [9.17, 15) is 4.79 Å². The van der Waals surface area contributed by atoms with Crippen molar-refractivity contribution in [1.82, 2.24) is 9.80 Å². The van der Waals surface area contributed by atoms with Crippen LogP contribution in [0, 0.1) is 0 Å². The van der Waals surface area contributed by atoms with Crippen LogP contribution in [-0.2, 0) is 9.53 Å². The molecule has 1 amide bonds. The van der Waals surface area contributed by atoms with Crippen LogP contribution in [0.2, 0.25) is 0 Å². The molecule has 0 spiro atoms. The van der Waals surface area contributed by atoms with Crippen molar-refractivity contribution in [3.05, 3.63) is 24.2 Å². The molecule has 0 bridgehead atoms. The minimum atomic E-state index is 0.202. The number of carbonyl (C=O) groups excluding carboxylic acids is 1. The first-order chi connectivity index (χ1) is 8.62. The lowest BCUT2D eigenvalue weighted by Gasteiger charge is -2.35. The normalized spacial score (nSPS) is 16.4. The van der Waals surface area contributed by atoms with Crippen molar-refractivity contribution in [2.45, 2.75) is 13.3 Å². The first-order valence-corrected chi connectivity index (χ1v) is 6.06. The number of carbonyl (C=O) groups is 1. The number of hydrogen-bond donors (Lipinski definition) is 0. The molecule has 0 aromatic carbocycles. The number of piperazine rings is 1. The largest absolute Gasteiger partial charge is 0.497 e. The SMILES string of the molecule is C=N/C(=C\C(=C)OC)N1CCN(C(=O)CC)CC1. The van der Waals surface area contributed by atoms with Crippen molar-refractivity contribution < 1.29 is 9.53 Å². The second kappa shape index (κ2) is 6.83. The maximum Gasteiger partial charge on any atom is 0.222 e. The zero-order valence-corrected chi connectivity index (χ0v) is 11.2. The fourth-order valence-corrected chi connectivity index (χ4v) is 1.85. The van der Waals surface area contributed by atoms with Gasteiger partial charge in [-0.2, -0.15) is 0 Å². The van der Waals surface area contributed by atoms with Crippen LogP contribution >= 0.6 is 0 Å². The third kappa shape index (κ3) is 3.61. The Kier molecular flexibility index (Phi) is 5.42. The van der Waals surface area contributed by atoms with E-state index in [4.69, 9.17) is 4.74 Å². The molecule has 0 saturated carbocycles. The summed E-state index contributed by atoms with van der Waals surface area (Å²) in [7, 11) is 1.57. The minimum Gasteiger partial charge on any atom is -0.497 e. The first kappa shape index (κ1) is 14.3. The quantitative estimate of drug-likeness (QED) is 0.419. The summed E-state index contributed by atoms with van der Waals surface area (Å²) in [4.78, 5) is 19.5. The Morgan fingerprint density at radius 2 is 1.89 bits per heavy atom. The highest BCUT2D eigenvalue weighted by atomic mass is 16.5. The van der Waals surface area contributed by atoms with E-state index < -0.39 is 0 Å².